The monoisotopic (exact) mass is 443 g/mol. The smallest absolute Gasteiger partial charge is 0.348 e. The van der Waals surface area contributed by atoms with Gasteiger partial charge in [0.1, 0.15) is 17.4 Å². The van der Waals surface area contributed by atoms with Gasteiger partial charge in [0.15, 0.2) is 11.5 Å². The number of hydrogen-bond donors (Lipinski definition) is 0. The summed E-state index contributed by atoms with van der Waals surface area (Å²) in [6.07, 6.45) is 2.00. The molecule has 2 aromatic carbocycles. The molecule has 7 nitrogen and oxygen atoms in total. The van der Waals surface area contributed by atoms with Gasteiger partial charge >= 0.3 is 11.9 Å². The fourth-order valence-corrected chi connectivity index (χ4v) is 2.61. The third-order valence-electron chi connectivity index (χ3n) is 3.95. The predicted molar refractivity (Wildman–Crippen MR) is 115 cm³/mol. The van der Waals surface area contributed by atoms with Crippen molar-refractivity contribution in [2.45, 2.75) is 19.8 Å². The fourth-order valence-electron chi connectivity index (χ4n) is 2.48. The predicted octanol–water partition coefficient (Wildman–Crippen LogP) is 4.58. The first kappa shape index (κ1) is 23.8. The molecule has 0 aliphatic heterocycles. The minimum absolute atomic E-state index is 0.144. The van der Waals surface area contributed by atoms with Gasteiger partial charge in [-0.15, -0.1) is 0 Å². The summed E-state index contributed by atoms with van der Waals surface area (Å²) in [4.78, 5) is 23.9. The minimum Gasteiger partial charge on any atom is -0.494 e. The molecule has 0 amide bonds. The zero-order chi connectivity index (χ0) is 22.6. The van der Waals surface area contributed by atoms with Gasteiger partial charge in [0.05, 0.1) is 20.3 Å². The second-order valence-corrected chi connectivity index (χ2v) is 6.62. The van der Waals surface area contributed by atoms with Crippen LogP contribution in [-0.4, -0.2) is 32.3 Å². The van der Waals surface area contributed by atoms with Crippen molar-refractivity contribution in [2.24, 2.45) is 0 Å². The van der Waals surface area contributed by atoms with Gasteiger partial charge < -0.3 is 18.9 Å². The average molecular weight is 444 g/mol. The van der Waals surface area contributed by atoms with Crippen LogP contribution in [0.4, 0.5) is 0 Å². The Bertz CT molecular complexity index is 979. The number of rotatable bonds is 10. The summed E-state index contributed by atoms with van der Waals surface area (Å²) in [5.41, 5.74) is 0.381. The summed E-state index contributed by atoms with van der Waals surface area (Å²) >= 11 is 5.82. The molecule has 0 N–H and O–H groups in total. The highest BCUT2D eigenvalue weighted by molar-refractivity contribution is 6.30. The first-order chi connectivity index (χ1) is 15.0. The Morgan fingerprint density at radius 1 is 1.13 bits per heavy atom. The van der Waals surface area contributed by atoms with E-state index >= 15 is 0 Å². The van der Waals surface area contributed by atoms with Gasteiger partial charge in [-0.2, -0.15) is 5.26 Å². The molecular weight excluding hydrogens is 422 g/mol. The molecule has 2 aromatic rings. The molecule has 162 valence electrons. The number of esters is 2. The number of nitrogens with zero attached hydrogens (tertiary/aromatic N) is 1. The average Bonchev–Trinajstić information content (AvgIpc) is 2.77. The molecule has 0 heterocycles. The molecule has 0 saturated carbocycles. The summed E-state index contributed by atoms with van der Waals surface area (Å²) in [6.45, 7) is 2.17. The standard InChI is InChI=1S/C23H22ClNO6/c1-3-29-23(27)17(15-25)13-16-6-11-20(21(14-16)28-2)31-22(26)5-4-12-30-19-9-7-18(24)8-10-19/h6-11,13-14H,3-5,12H2,1-2H3. The zero-order valence-corrected chi connectivity index (χ0v) is 18.0. The van der Waals surface area contributed by atoms with E-state index in [1.165, 1.54) is 19.3 Å². The largest absolute Gasteiger partial charge is 0.494 e. The molecule has 0 atom stereocenters. The van der Waals surface area contributed by atoms with Crippen LogP contribution in [0, 0.1) is 11.3 Å². The molecule has 0 aliphatic rings. The van der Waals surface area contributed by atoms with E-state index in [4.69, 9.17) is 35.8 Å². The van der Waals surface area contributed by atoms with Crippen LogP contribution in [-0.2, 0) is 14.3 Å². The van der Waals surface area contributed by atoms with Crippen LogP contribution in [0.1, 0.15) is 25.3 Å². The van der Waals surface area contributed by atoms with Crippen LogP contribution < -0.4 is 14.2 Å². The summed E-state index contributed by atoms with van der Waals surface area (Å²) < 4.78 is 21.0. The third-order valence-corrected chi connectivity index (χ3v) is 4.20. The van der Waals surface area contributed by atoms with Gasteiger partial charge in [-0.3, -0.25) is 4.79 Å². The minimum atomic E-state index is -0.708. The summed E-state index contributed by atoms with van der Waals surface area (Å²) in [7, 11) is 1.43. The summed E-state index contributed by atoms with van der Waals surface area (Å²) in [5, 5.41) is 9.76. The van der Waals surface area contributed by atoms with Crippen molar-refractivity contribution < 1.29 is 28.5 Å². The quantitative estimate of drug-likeness (QED) is 0.174. The molecule has 31 heavy (non-hydrogen) atoms. The maximum Gasteiger partial charge on any atom is 0.348 e. The van der Waals surface area contributed by atoms with Crippen LogP contribution in [0.15, 0.2) is 48.0 Å². The summed E-state index contributed by atoms with van der Waals surface area (Å²) in [6, 6.07) is 13.5. The van der Waals surface area contributed by atoms with E-state index in [2.05, 4.69) is 0 Å². The molecule has 8 heteroatoms. The maximum atomic E-state index is 12.1. The zero-order valence-electron chi connectivity index (χ0n) is 17.2. The Morgan fingerprint density at radius 2 is 1.87 bits per heavy atom. The molecular formula is C23H22ClNO6. The van der Waals surface area contributed by atoms with Gasteiger partial charge in [-0.1, -0.05) is 17.7 Å². The molecule has 0 bridgehead atoms. The van der Waals surface area contributed by atoms with Crippen molar-refractivity contribution in [1.29, 1.82) is 5.26 Å². The van der Waals surface area contributed by atoms with Crippen molar-refractivity contribution in [1.82, 2.24) is 0 Å². The van der Waals surface area contributed by atoms with Gasteiger partial charge in [0.2, 0.25) is 0 Å². The first-order valence-corrected chi connectivity index (χ1v) is 9.90. The highest BCUT2D eigenvalue weighted by atomic mass is 35.5. The fraction of sp³-hybridized carbons (Fsp3) is 0.261. The van der Waals surface area contributed by atoms with Gasteiger partial charge in [-0.25, -0.2) is 4.79 Å². The first-order valence-electron chi connectivity index (χ1n) is 9.52. The Balaban J connectivity index is 1.93. The number of benzene rings is 2. The Kier molecular flexibility index (Phi) is 9.40. The van der Waals surface area contributed by atoms with E-state index in [0.29, 0.717) is 35.1 Å². The van der Waals surface area contributed by atoms with Crippen LogP contribution >= 0.6 is 11.6 Å². The number of nitriles is 1. The topological polar surface area (TPSA) is 94.9 Å². The van der Waals surface area contributed by atoms with Gasteiger partial charge in [0.25, 0.3) is 0 Å². The van der Waals surface area contributed by atoms with E-state index in [-0.39, 0.29) is 24.4 Å². The highest BCUT2D eigenvalue weighted by Crippen LogP contribution is 2.29. The molecule has 0 saturated heterocycles. The molecule has 0 unspecified atom stereocenters. The number of carbonyl (C=O) groups is 2. The number of carbonyl (C=O) groups excluding carboxylic acids is 2. The van der Waals surface area contributed by atoms with E-state index in [1.807, 2.05) is 0 Å². The Morgan fingerprint density at radius 3 is 2.52 bits per heavy atom. The van der Waals surface area contributed by atoms with Crippen molar-refractivity contribution in [3.8, 4) is 23.3 Å². The molecule has 0 aromatic heterocycles. The number of ether oxygens (including phenoxy) is 4. The lowest BCUT2D eigenvalue weighted by Crippen LogP contribution is -2.10. The number of halogens is 1. The number of methoxy groups -OCH3 is 1. The van der Waals surface area contributed by atoms with Crippen molar-refractivity contribution >= 4 is 29.6 Å². The molecule has 0 spiro atoms. The van der Waals surface area contributed by atoms with Crippen LogP contribution in [0.25, 0.3) is 6.08 Å². The van der Waals surface area contributed by atoms with E-state index in [9.17, 15) is 9.59 Å². The van der Waals surface area contributed by atoms with E-state index < -0.39 is 11.9 Å². The third kappa shape index (κ3) is 7.68. The Hall–Kier alpha value is -3.50. The van der Waals surface area contributed by atoms with Crippen LogP contribution in [0.5, 0.6) is 17.2 Å². The maximum absolute atomic E-state index is 12.1. The SMILES string of the molecule is CCOC(=O)C(C#N)=Cc1ccc(OC(=O)CCCOc2ccc(Cl)cc2)c(OC)c1. The number of hydrogen-bond acceptors (Lipinski definition) is 7. The van der Waals surface area contributed by atoms with E-state index in [0.717, 1.165) is 0 Å². The van der Waals surface area contributed by atoms with Gasteiger partial charge in [0, 0.05) is 11.4 Å². The highest BCUT2D eigenvalue weighted by Gasteiger charge is 2.13. The molecule has 0 aliphatic carbocycles. The van der Waals surface area contributed by atoms with E-state index in [1.54, 1.807) is 49.4 Å². The van der Waals surface area contributed by atoms with Crippen LogP contribution in [0.3, 0.4) is 0 Å². The molecule has 0 radical (unpaired) electrons. The van der Waals surface area contributed by atoms with Crippen LogP contribution in [0.2, 0.25) is 5.02 Å². The van der Waals surface area contributed by atoms with Gasteiger partial charge in [-0.05, 0) is 61.4 Å². The lowest BCUT2D eigenvalue weighted by Gasteiger charge is -2.10. The lowest BCUT2D eigenvalue weighted by atomic mass is 10.1. The van der Waals surface area contributed by atoms with Crippen molar-refractivity contribution in [3.63, 3.8) is 0 Å². The molecule has 2 rings (SSSR count). The summed E-state index contributed by atoms with van der Waals surface area (Å²) in [5.74, 6) is 0.0482. The normalized spacial score (nSPS) is 10.7. The second kappa shape index (κ2) is 12.3. The second-order valence-electron chi connectivity index (χ2n) is 6.18. The lowest BCUT2D eigenvalue weighted by molar-refractivity contribution is -0.138. The van der Waals surface area contributed by atoms with Crippen molar-refractivity contribution in [3.05, 3.63) is 58.6 Å². The Labute approximate surface area is 185 Å². The van der Waals surface area contributed by atoms with Crippen molar-refractivity contribution in [2.75, 3.05) is 20.3 Å². The molecule has 0 fully saturated rings.